The van der Waals surface area contributed by atoms with Crippen LogP contribution in [0.15, 0.2) is 0 Å². The van der Waals surface area contributed by atoms with E-state index in [0.29, 0.717) is 12.8 Å². The van der Waals surface area contributed by atoms with Crippen molar-refractivity contribution in [2.45, 2.75) is 168 Å². The summed E-state index contributed by atoms with van der Waals surface area (Å²) >= 11 is 0. The van der Waals surface area contributed by atoms with Gasteiger partial charge in [-0.1, -0.05) is 142 Å². The second-order valence-electron chi connectivity index (χ2n) is 9.50. The summed E-state index contributed by atoms with van der Waals surface area (Å²) in [6.07, 6.45) is 25.9. The minimum absolute atomic E-state index is 0.344. The van der Waals surface area contributed by atoms with Gasteiger partial charge in [-0.2, -0.15) is 0 Å². The Kier molecular flexibility index (Phi) is 29.9. The zero-order chi connectivity index (χ0) is 25.0. The van der Waals surface area contributed by atoms with Gasteiger partial charge in [0.25, 0.3) is 0 Å². The van der Waals surface area contributed by atoms with E-state index in [-0.39, 0.29) is 0 Å². The third-order valence-corrected chi connectivity index (χ3v) is 6.11. The highest BCUT2D eigenvalue weighted by Gasteiger charge is 2.11. The van der Waals surface area contributed by atoms with Crippen LogP contribution in [0.3, 0.4) is 0 Å². The largest absolute Gasteiger partial charge is 0.481 e. The third-order valence-electron chi connectivity index (χ3n) is 6.11. The zero-order valence-corrected chi connectivity index (χ0v) is 22.0. The topological polar surface area (TPSA) is 94.8 Å². The molecule has 5 heteroatoms. The smallest absolute Gasteiger partial charge is 0.332 e. The fraction of sp³-hybridized carbons (Fsp3) is 0.929. The molecule has 1 atom stereocenters. The van der Waals surface area contributed by atoms with E-state index in [4.69, 9.17) is 15.3 Å². The molecular weight excluding hydrogens is 416 g/mol. The molecule has 0 aromatic heterocycles. The Bertz CT molecular complexity index is 411. The SMILES string of the molecule is CCCCCCCCCCCCC(O)C(=O)O.CCCCCCCCCCCCCC(=O)O. The van der Waals surface area contributed by atoms with E-state index in [9.17, 15) is 9.59 Å². The first-order valence-electron chi connectivity index (χ1n) is 14.1. The van der Waals surface area contributed by atoms with E-state index in [0.717, 1.165) is 25.7 Å². The van der Waals surface area contributed by atoms with Gasteiger partial charge in [0.15, 0.2) is 6.10 Å². The van der Waals surface area contributed by atoms with E-state index in [1.54, 1.807) is 0 Å². The maximum absolute atomic E-state index is 10.3. The minimum Gasteiger partial charge on any atom is -0.481 e. The molecule has 5 nitrogen and oxygen atoms in total. The van der Waals surface area contributed by atoms with Crippen molar-refractivity contribution in [2.24, 2.45) is 0 Å². The molecular formula is C28H56O5. The molecule has 0 aromatic rings. The van der Waals surface area contributed by atoms with E-state index < -0.39 is 18.0 Å². The minimum atomic E-state index is -1.16. The molecule has 1 unspecified atom stereocenters. The Morgan fingerprint density at radius 3 is 1.12 bits per heavy atom. The summed E-state index contributed by atoms with van der Waals surface area (Å²) in [5.41, 5.74) is 0. The lowest BCUT2D eigenvalue weighted by atomic mass is 10.0. The maximum atomic E-state index is 10.3. The Balaban J connectivity index is 0. The van der Waals surface area contributed by atoms with Gasteiger partial charge in [0.1, 0.15) is 0 Å². The van der Waals surface area contributed by atoms with Crippen molar-refractivity contribution in [1.29, 1.82) is 0 Å². The summed E-state index contributed by atoms with van der Waals surface area (Å²) in [6, 6.07) is 0. The molecule has 0 spiro atoms. The number of hydrogen-bond donors (Lipinski definition) is 3. The molecule has 33 heavy (non-hydrogen) atoms. The van der Waals surface area contributed by atoms with Gasteiger partial charge in [-0.05, 0) is 12.8 Å². The first-order chi connectivity index (χ1) is 16.0. The van der Waals surface area contributed by atoms with Gasteiger partial charge in [0, 0.05) is 6.42 Å². The van der Waals surface area contributed by atoms with Crippen LogP contribution in [0.5, 0.6) is 0 Å². The molecule has 0 aliphatic carbocycles. The monoisotopic (exact) mass is 472 g/mol. The molecule has 0 saturated carbocycles. The van der Waals surface area contributed by atoms with Crippen molar-refractivity contribution >= 4 is 11.9 Å². The van der Waals surface area contributed by atoms with Gasteiger partial charge < -0.3 is 15.3 Å². The zero-order valence-electron chi connectivity index (χ0n) is 22.0. The van der Waals surface area contributed by atoms with Crippen molar-refractivity contribution in [3.8, 4) is 0 Å². The molecule has 0 aromatic carbocycles. The van der Waals surface area contributed by atoms with Crippen molar-refractivity contribution in [3.05, 3.63) is 0 Å². The van der Waals surface area contributed by atoms with Gasteiger partial charge in [0.2, 0.25) is 0 Å². The highest BCUT2D eigenvalue weighted by molar-refractivity contribution is 5.71. The van der Waals surface area contributed by atoms with E-state index in [1.807, 2.05) is 0 Å². The van der Waals surface area contributed by atoms with E-state index in [2.05, 4.69) is 13.8 Å². The molecule has 0 radical (unpaired) electrons. The molecule has 0 bridgehead atoms. The Morgan fingerprint density at radius 2 is 0.818 bits per heavy atom. The Labute approximate surface area is 204 Å². The molecule has 0 fully saturated rings. The first kappa shape index (κ1) is 34.1. The quantitative estimate of drug-likeness (QED) is 0.122. The first-order valence-corrected chi connectivity index (χ1v) is 14.1. The van der Waals surface area contributed by atoms with Crippen LogP contribution < -0.4 is 0 Å². The van der Waals surface area contributed by atoms with Gasteiger partial charge in [0.05, 0.1) is 0 Å². The Morgan fingerprint density at radius 1 is 0.515 bits per heavy atom. The standard InChI is InChI=1S/C14H28O3.C14H28O2/c1-2-3-4-5-6-7-8-9-10-11-12-13(15)14(16)17;1-2-3-4-5-6-7-8-9-10-11-12-13-14(15)16/h13,15H,2-12H2,1H3,(H,16,17);2-13H2,1H3,(H,15,16). The number of rotatable bonds is 24. The lowest BCUT2D eigenvalue weighted by Gasteiger charge is -2.05. The molecule has 0 amide bonds. The number of carbonyl (C=O) groups is 2. The van der Waals surface area contributed by atoms with Gasteiger partial charge >= 0.3 is 11.9 Å². The predicted octanol–water partition coefficient (Wildman–Crippen LogP) is 8.52. The van der Waals surface area contributed by atoms with Crippen LogP contribution in [0.2, 0.25) is 0 Å². The second-order valence-corrected chi connectivity index (χ2v) is 9.50. The average Bonchev–Trinajstić information content (AvgIpc) is 2.78. The summed E-state index contributed by atoms with van der Waals surface area (Å²) in [7, 11) is 0. The normalized spacial score (nSPS) is 11.6. The van der Waals surface area contributed by atoms with Crippen LogP contribution in [0.4, 0.5) is 0 Å². The van der Waals surface area contributed by atoms with E-state index in [1.165, 1.54) is 109 Å². The second kappa shape index (κ2) is 28.9. The average molecular weight is 473 g/mol. The Hall–Kier alpha value is -1.10. The van der Waals surface area contributed by atoms with Crippen molar-refractivity contribution in [1.82, 2.24) is 0 Å². The van der Waals surface area contributed by atoms with Crippen LogP contribution in [-0.2, 0) is 9.59 Å². The maximum Gasteiger partial charge on any atom is 0.332 e. The summed E-state index contributed by atoms with van der Waals surface area (Å²) in [5.74, 6) is -1.75. The molecule has 0 rings (SSSR count). The van der Waals surface area contributed by atoms with E-state index >= 15 is 0 Å². The number of aliphatic hydroxyl groups is 1. The van der Waals surface area contributed by atoms with Gasteiger partial charge in [-0.25, -0.2) is 4.79 Å². The number of unbranched alkanes of at least 4 members (excludes halogenated alkanes) is 19. The van der Waals surface area contributed by atoms with Crippen molar-refractivity contribution in [3.63, 3.8) is 0 Å². The van der Waals surface area contributed by atoms with Crippen molar-refractivity contribution < 1.29 is 24.9 Å². The van der Waals surface area contributed by atoms with Crippen LogP contribution in [-0.4, -0.2) is 33.4 Å². The summed E-state index contributed by atoms with van der Waals surface area (Å²) in [4.78, 5) is 20.6. The number of carboxylic acid groups (broad SMARTS) is 2. The number of aliphatic hydroxyl groups excluding tert-OH is 1. The fourth-order valence-electron chi connectivity index (χ4n) is 3.89. The summed E-state index contributed by atoms with van der Waals surface area (Å²) < 4.78 is 0. The van der Waals surface area contributed by atoms with Gasteiger partial charge in [-0.3, -0.25) is 4.79 Å². The molecule has 0 saturated heterocycles. The van der Waals surface area contributed by atoms with Crippen LogP contribution in [0, 0.1) is 0 Å². The summed E-state index contributed by atoms with van der Waals surface area (Å²) in [5, 5.41) is 26.0. The number of carboxylic acids is 2. The van der Waals surface area contributed by atoms with Crippen molar-refractivity contribution in [2.75, 3.05) is 0 Å². The lowest BCUT2D eigenvalue weighted by molar-refractivity contribution is -0.147. The molecule has 0 aliphatic rings. The van der Waals surface area contributed by atoms with Crippen LogP contribution in [0.25, 0.3) is 0 Å². The fourth-order valence-corrected chi connectivity index (χ4v) is 3.89. The highest BCUT2D eigenvalue weighted by atomic mass is 16.4. The predicted molar refractivity (Wildman–Crippen MR) is 139 cm³/mol. The van der Waals surface area contributed by atoms with Crippen LogP contribution >= 0.6 is 0 Å². The molecule has 0 heterocycles. The third kappa shape index (κ3) is 33.2. The number of aliphatic carboxylic acids is 2. The lowest BCUT2D eigenvalue weighted by Crippen LogP contribution is -2.18. The van der Waals surface area contributed by atoms with Gasteiger partial charge in [-0.15, -0.1) is 0 Å². The highest BCUT2D eigenvalue weighted by Crippen LogP contribution is 2.13. The van der Waals surface area contributed by atoms with Crippen LogP contribution in [0.1, 0.15) is 162 Å². The molecule has 0 aliphatic heterocycles. The summed E-state index contributed by atoms with van der Waals surface area (Å²) in [6.45, 7) is 4.47. The molecule has 198 valence electrons. The molecule has 3 N–H and O–H groups in total. The number of hydrogen-bond acceptors (Lipinski definition) is 3.